The van der Waals surface area contributed by atoms with Crippen LogP contribution in [0.4, 0.5) is 10.1 Å². The van der Waals surface area contributed by atoms with E-state index >= 15 is 0 Å². The molecule has 0 radical (unpaired) electrons. The molecule has 5 nitrogen and oxygen atoms in total. The Labute approximate surface area is 119 Å². The van der Waals surface area contributed by atoms with E-state index in [1.54, 1.807) is 0 Å². The lowest BCUT2D eigenvalue weighted by Crippen LogP contribution is -2.42. The van der Waals surface area contributed by atoms with E-state index in [1.807, 2.05) is 14.0 Å². The molecule has 1 fully saturated rings. The van der Waals surface area contributed by atoms with Gasteiger partial charge in [0, 0.05) is 19.1 Å². The van der Waals surface area contributed by atoms with E-state index in [9.17, 15) is 12.8 Å². The third kappa shape index (κ3) is 2.79. The van der Waals surface area contributed by atoms with Crippen LogP contribution in [-0.2, 0) is 10.0 Å². The molecule has 7 heteroatoms. The molecule has 1 aromatic rings. The summed E-state index contributed by atoms with van der Waals surface area (Å²) in [5.41, 5.74) is 5.62. The van der Waals surface area contributed by atoms with Crippen molar-refractivity contribution in [2.45, 2.75) is 24.3 Å². The van der Waals surface area contributed by atoms with Crippen LogP contribution in [0, 0.1) is 5.82 Å². The van der Waals surface area contributed by atoms with Gasteiger partial charge in [-0.3, -0.25) is 0 Å². The molecule has 0 bridgehead atoms. The highest BCUT2D eigenvalue weighted by atomic mass is 32.2. The lowest BCUT2D eigenvalue weighted by atomic mass is 10.3. The molecule has 2 rings (SSSR count). The highest BCUT2D eigenvalue weighted by molar-refractivity contribution is 7.89. The van der Waals surface area contributed by atoms with Crippen molar-refractivity contribution in [1.82, 2.24) is 9.21 Å². The van der Waals surface area contributed by atoms with Crippen LogP contribution < -0.4 is 5.73 Å². The zero-order valence-electron chi connectivity index (χ0n) is 11.7. The average molecular weight is 301 g/mol. The topological polar surface area (TPSA) is 66.6 Å². The normalized spacial score (nSPS) is 22.6. The van der Waals surface area contributed by atoms with Crippen molar-refractivity contribution in [3.63, 3.8) is 0 Å². The molecule has 1 heterocycles. The van der Waals surface area contributed by atoms with Crippen LogP contribution in [0.25, 0.3) is 0 Å². The Bertz CT molecular complexity index is 571. The van der Waals surface area contributed by atoms with Gasteiger partial charge in [-0.05, 0) is 39.1 Å². The largest absolute Gasteiger partial charge is 0.398 e. The monoisotopic (exact) mass is 301 g/mol. The van der Waals surface area contributed by atoms with Gasteiger partial charge >= 0.3 is 0 Å². The Morgan fingerprint density at radius 1 is 1.35 bits per heavy atom. The minimum absolute atomic E-state index is 0.0465. The summed E-state index contributed by atoms with van der Waals surface area (Å²) >= 11 is 0. The van der Waals surface area contributed by atoms with Gasteiger partial charge in [0.15, 0.2) is 0 Å². The first-order valence-electron chi connectivity index (χ1n) is 6.58. The Hall–Kier alpha value is -1.18. The van der Waals surface area contributed by atoms with E-state index in [-0.39, 0.29) is 11.7 Å². The fourth-order valence-electron chi connectivity index (χ4n) is 2.62. The predicted octanol–water partition coefficient (Wildman–Crippen LogP) is 1.12. The molecule has 1 aliphatic heterocycles. The third-order valence-electron chi connectivity index (χ3n) is 3.55. The fourth-order valence-corrected chi connectivity index (χ4v) is 4.45. The summed E-state index contributed by atoms with van der Waals surface area (Å²) in [4.78, 5) is 1.67. The van der Waals surface area contributed by atoms with Gasteiger partial charge in [-0.25, -0.2) is 12.8 Å². The van der Waals surface area contributed by atoms with Gasteiger partial charge in [0.2, 0.25) is 10.0 Å². The fraction of sp³-hybridized carbons (Fsp3) is 0.538. The molecule has 2 N–H and O–H groups in total. The number of benzene rings is 1. The van der Waals surface area contributed by atoms with Crippen molar-refractivity contribution in [3.8, 4) is 0 Å². The van der Waals surface area contributed by atoms with E-state index in [0.29, 0.717) is 19.5 Å². The minimum atomic E-state index is -3.91. The molecule has 1 unspecified atom stereocenters. The second-order valence-corrected chi connectivity index (χ2v) is 7.07. The number of sulfonamides is 1. The number of likely N-dealkylation sites (N-methyl/N-ethyl adjacent to an activating group) is 1. The molecular formula is C13H20FN3O2S. The van der Waals surface area contributed by atoms with E-state index < -0.39 is 20.7 Å². The van der Waals surface area contributed by atoms with Gasteiger partial charge in [0.25, 0.3) is 0 Å². The first-order valence-corrected chi connectivity index (χ1v) is 8.02. The molecule has 1 aromatic carbocycles. The molecule has 0 aliphatic carbocycles. The second kappa shape index (κ2) is 5.67. The molecule has 1 saturated heterocycles. The Kier molecular flexibility index (Phi) is 4.31. The smallest absolute Gasteiger partial charge is 0.248 e. The number of rotatable bonds is 2. The van der Waals surface area contributed by atoms with Crippen LogP contribution in [0.1, 0.15) is 13.3 Å². The van der Waals surface area contributed by atoms with Gasteiger partial charge in [0.05, 0.1) is 5.69 Å². The van der Waals surface area contributed by atoms with Gasteiger partial charge in [-0.1, -0.05) is 6.07 Å². The van der Waals surface area contributed by atoms with Crippen LogP contribution in [0.3, 0.4) is 0 Å². The van der Waals surface area contributed by atoms with Crippen LogP contribution in [0.2, 0.25) is 0 Å². The molecule has 20 heavy (non-hydrogen) atoms. The molecule has 0 saturated carbocycles. The van der Waals surface area contributed by atoms with Crippen molar-refractivity contribution in [1.29, 1.82) is 0 Å². The molecular weight excluding hydrogens is 281 g/mol. The van der Waals surface area contributed by atoms with Gasteiger partial charge in [-0.2, -0.15) is 4.31 Å². The number of nitrogens with two attached hydrogens (primary N) is 1. The van der Waals surface area contributed by atoms with Gasteiger partial charge in [0.1, 0.15) is 10.7 Å². The van der Waals surface area contributed by atoms with Gasteiger partial charge in [-0.15, -0.1) is 0 Å². The Morgan fingerprint density at radius 3 is 2.70 bits per heavy atom. The van der Waals surface area contributed by atoms with Crippen molar-refractivity contribution >= 4 is 15.7 Å². The van der Waals surface area contributed by atoms with Crippen molar-refractivity contribution in [2.24, 2.45) is 0 Å². The molecule has 0 aromatic heterocycles. The zero-order chi connectivity index (χ0) is 14.9. The molecule has 112 valence electrons. The maximum Gasteiger partial charge on any atom is 0.248 e. The lowest BCUT2D eigenvalue weighted by Gasteiger charge is -2.27. The number of hydrogen-bond donors (Lipinski definition) is 1. The van der Waals surface area contributed by atoms with E-state index in [1.165, 1.54) is 16.4 Å². The second-order valence-electron chi connectivity index (χ2n) is 5.24. The number of halogens is 1. The number of anilines is 1. The van der Waals surface area contributed by atoms with Crippen molar-refractivity contribution in [2.75, 3.05) is 32.4 Å². The molecule has 1 aliphatic rings. The quantitative estimate of drug-likeness (QED) is 0.831. The standard InChI is InChI=1S/C13H20FN3O2S/c1-10-9-16(2)7-4-8-17(10)20(18,19)13-11(14)5-3-6-12(13)15/h3,5-6,10H,4,7-9,15H2,1-2H3. The summed E-state index contributed by atoms with van der Waals surface area (Å²) in [6.45, 7) is 3.65. The third-order valence-corrected chi connectivity index (χ3v) is 5.66. The van der Waals surface area contributed by atoms with Crippen molar-refractivity contribution < 1.29 is 12.8 Å². The molecule has 1 atom stereocenters. The van der Waals surface area contributed by atoms with Crippen LogP contribution in [0.15, 0.2) is 23.1 Å². The minimum Gasteiger partial charge on any atom is -0.398 e. The zero-order valence-corrected chi connectivity index (χ0v) is 12.5. The summed E-state index contributed by atoms with van der Waals surface area (Å²) in [7, 11) is -1.96. The van der Waals surface area contributed by atoms with E-state index in [4.69, 9.17) is 5.73 Å². The number of nitrogen functional groups attached to an aromatic ring is 1. The Morgan fingerprint density at radius 2 is 2.05 bits per heavy atom. The highest BCUT2D eigenvalue weighted by Crippen LogP contribution is 2.27. The summed E-state index contributed by atoms with van der Waals surface area (Å²) in [5.74, 6) is -0.796. The first kappa shape index (κ1) is 15.2. The van der Waals surface area contributed by atoms with Crippen LogP contribution >= 0.6 is 0 Å². The van der Waals surface area contributed by atoms with Gasteiger partial charge < -0.3 is 10.6 Å². The van der Waals surface area contributed by atoms with E-state index in [0.717, 1.165) is 12.6 Å². The first-order chi connectivity index (χ1) is 9.34. The SMILES string of the molecule is CC1CN(C)CCCN1S(=O)(=O)c1c(N)cccc1F. The summed E-state index contributed by atoms with van der Waals surface area (Å²) in [6.07, 6.45) is 0.717. The maximum atomic E-state index is 13.9. The summed E-state index contributed by atoms with van der Waals surface area (Å²) in [5, 5.41) is 0. The summed E-state index contributed by atoms with van der Waals surface area (Å²) < 4.78 is 40.6. The lowest BCUT2D eigenvalue weighted by molar-refractivity contribution is 0.290. The molecule has 0 amide bonds. The number of hydrogen-bond acceptors (Lipinski definition) is 4. The average Bonchev–Trinajstić information content (AvgIpc) is 2.49. The summed E-state index contributed by atoms with van der Waals surface area (Å²) in [6, 6.07) is 3.72. The van der Waals surface area contributed by atoms with E-state index in [2.05, 4.69) is 4.90 Å². The maximum absolute atomic E-state index is 13.9. The Balaban J connectivity index is 2.44. The number of nitrogens with zero attached hydrogens (tertiary/aromatic N) is 2. The van der Waals surface area contributed by atoms with Crippen molar-refractivity contribution in [3.05, 3.63) is 24.0 Å². The highest BCUT2D eigenvalue weighted by Gasteiger charge is 2.34. The molecule has 0 spiro atoms. The predicted molar refractivity (Wildman–Crippen MR) is 76.3 cm³/mol. The van der Waals surface area contributed by atoms with Crippen LogP contribution in [0.5, 0.6) is 0 Å². The van der Waals surface area contributed by atoms with Crippen LogP contribution in [-0.4, -0.2) is 50.3 Å².